The third-order valence-corrected chi connectivity index (χ3v) is 6.66. The van der Waals surface area contributed by atoms with Crippen LogP contribution in [0.25, 0.3) is 10.9 Å². The van der Waals surface area contributed by atoms with Gasteiger partial charge >= 0.3 is 5.97 Å². The van der Waals surface area contributed by atoms with Crippen molar-refractivity contribution in [2.45, 2.75) is 62.7 Å². The minimum atomic E-state index is -1.49. The van der Waals surface area contributed by atoms with Crippen molar-refractivity contribution in [2.24, 2.45) is 17.2 Å². The highest BCUT2D eigenvalue weighted by atomic mass is 16.4. The monoisotopic (exact) mass is 583 g/mol. The molecule has 0 aliphatic carbocycles. The number of benzene rings is 1. The highest BCUT2D eigenvalue weighted by Gasteiger charge is 2.31. The summed E-state index contributed by atoms with van der Waals surface area (Å²) in [5, 5.41) is 18.0. The third kappa shape index (κ3) is 9.14. The summed E-state index contributed by atoms with van der Waals surface area (Å²) in [5.41, 5.74) is 19.0. The first-order valence-electron chi connectivity index (χ1n) is 13.5. The number of nitrogens with one attached hydrogen (secondary N) is 5. The van der Waals surface area contributed by atoms with Crippen molar-refractivity contribution >= 4 is 40.5 Å². The molecule has 0 bridgehead atoms. The largest absolute Gasteiger partial charge is 0.480 e. The number of primary amides is 1. The van der Waals surface area contributed by atoms with Crippen molar-refractivity contribution in [1.29, 1.82) is 0 Å². The molecule has 42 heavy (non-hydrogen) atoms. The fourth-order valence-electron chi connectivity index (χ4n) is 4.44. The average molecular weight is 584 g/mol. The van der Waals surface area contributed by atoms with E-state index < -0.39 is 60.2 Å². The number of carboxylic acid groups (broad SMARTS) is 1. The number of amides is 4. The zero-order valence-electron chi connectivity index (χ0n) is 23.0. The van der Waals surface area contributed by atoms with E-state index in [1.54, 1.807) is 12.3 Å². The maximum atomic E-state index is 13.3. The maximum absolute atomic E-state index is 13.3. The maximum Gasteiger partial charge on any atom is 0.326 e. The summed E-state index contributed by atoms with van der Waals surface area (Å²) >= 11 is 0. The summed E-state index contributed by atoms with van der Waals surface area (Å²) in [6, 6.07) is 2.31. The van der Waals surface area contributed by atoms with Gasteiger partial charge < -0.3 is 48.2 Å². The minimum absolute atomic E-state index is 0.0612. The van der Waals surface area contributed by atoms with Gasteiger partial charge in [-0.1, -0.05) is 18.2 Å². The van der Waals surface area contributed by atoms with Crippen LogP contribution in [0.2, 0.25) is 0 Å². The molecule has 1 aromatic carbocycles. The van der Waals surface area contributed by atoms with Gasteiger partial charge in [0.05, 0.1) is 18.8 Å². The molecular formula is C27H37N9O6. The fraction of sp³-hybridized carbons (Fsp3) is 0.407. The van der Waals surface area contributed by atoms with Crippen molar-refractivity contribution in [2.75, 3.05) is 6.54 Å². The number of imidazole rings is 1. The van der Waals surface area contributed by atoms with Crippen LogP contribution in [0, 0.1) is 0 Å². The van der Waals surface area contributed by atoms with E-state index in [0.717, 1.165) is 10.9 Å². The Bertz CT molecular complexity index is 1370. The topological polar surface area (TPSA) is 264 Å². The summed E-state index contributed by atoms with van der Waals surface area (Å²) in [6.45, 7) is 0.362. The first kappa shape index (κ1) is 31.8. The standard InChI is InChI=1S/C27H37N9O6/c28-8-4-3-7-20(34-24(38)18(29)10-16-13-31-14-33-16)25(39)35-21(11-23(30)37)26(40)36-22(27(41)42)9-15-12-32-19-6-2-1-5-17(15)19/h1-2,5-6,12-14,18,20-22,32H,3-4,7-11,28-29H2,(H2,30,37)(H,31,33)(H,34,38)(H,35,39)(H,36,40)(H,41,42). The zero-order chi connectivity index (χ0) is 30.6. The second-order valence-corrected chi connectivity index (χ2v) is 9.93. The average Bonchev–Trinajstić information content (AvgIpc) is 3.61. The molecule has 15 nitrogen and oxygen atoms in total. The van der Waals surface area contributed by atoms with Crippen LogP contribution in [0.3, 0.4) is 0 Å². The molecule has 2 aromatic heterocycles. The summed E-state index contributed by atoms with van der Waals surface area (Å²) in [4.78, 5) is 72.8. The van der Waals surface area contributed by atoms with Crippen molar-refractivity contribution in [3.63, 3.8) is 0 Å². The lowest BCUT2D eigenvalue weighted by Crippen LogP contribution is -2.58. The molecule has 0 saturated carbocycles. The number of fused-ring (bicyclic) bond motifs is 1. The SMILES string of the molecule is NCCCCC(NC(=O)C(N)Cc1cnc[nH]1)C(=O)NC(CC(N)=O)C(=O)NC(Cc1c[nH]c2ccccc12)C(=O)O. The van der Waals surface area contributed by atoms with Gasteiger partial charge in [0, 0.05) is 41.8 Å². The number of rotatable bonds is 17. The number of carbonyl (C=O) groups is 5. The summed E-state index contributed by atoms with van der Waals surface area (Å²) in [6.07, 6.45) is 5.33. The van der Waals surface area contributed by atoms with Crippen LogP contribution in [0.15, 0.2) is 43.0 Å². The molecule has 3 aromatic rings. The predicted molar refractivity (Wildman–Crippen MR) is 152 cm³/mol. The van der Waals surface area contributed by atoms with Crippen LogP contribution >= 0.6 is 0 Å². The van der Waals surface area contributed by atoms with Crippen LogP contribution < -0.4 is 33.2 Å². The van der Waals surface area contributed by atoms with Gasteiger partial charge in [0.2, 0.25) is 23.6 Å². The van der Waals surface area contributed by atoms with Gasteiger partial charge in [0.1, 0.15) is 18.1 Å². The van der Waals surface area contributed by atoms with Crippen molar-refractivity contribution in [1.82, 2.24) is 30.9 Å². The van der Waals surface area contributed by atoms with Crippen LogP contribution in [-0.2, 0) is 36.8 Å². The number of carbonyl (C=O) groups excluding carboxylic acids is 4. The smallest absolute Gasteiger partial charge is 0.326 e. The Labute approximate surface area is 241 Å². The number of aromatic amines is 2. The van der Waals surface area contributed by atoms with Gasteiger partial charge in [-0.2, -0.15) is 0 Å². The number of aliphatic carboxylic acids is 1. The van der Waals surface area contributed by atoms with Crippen LogP contribution in [0.1, 0.15) is 36.9 Å². The van der Waals surface area contributed by atoms with Crippen LogP contribution in [0.4, 0.5) is 0 Å². The fourth-order valence-corrected chi connectivity index (χ4v) is 4.44. The lowest BCUT2D eigenvalue weighted by molar-refractivity contribution is -0.142. The van der Waals surface area contributed by atoms with Gasteiger partial charge in [0.25, 0.3) is 0 Å². The molecular weight excluding hydrogens is 546 g/mol. The molecule has 12 N–H and O–H groups in total. The van der Waals surface area contributed by atoms with E-state index in [4.69, 9.17) is 17.2 Å². The zero-order valence-corrected chi connectivity index (χ0v) is 23.0. The molecule has 0 radical (unpaired) electrons. The Morgan fingerprint density at radius 1 is 0.905 bits per heavy atom. The second kappa shape index (κ2) is 15.3. The number of carboxylic acids is 1. The Morgan fingerprint density at radius 2 is 1.60 bits per heavy atom. The van der Waals surface area contributed by atoms with E-state index in [9.17, 15) is 29.1 Å². The first-order valence-corrected chi connectivity index (χ1v) is 13.5. The first-order chi connectivity index (χ1) is 20.1. The van der Waals surface area contributed by atoms with E-state index >= 15 is 0 Å². The number of nitrogens with two attached hydrogens (primary N) is 3. The number of aromatic nitrogens is 3. The lowest BCUT2D eigenvalue weighted by atomic mass is 10.0. The number of hydrogen-bond acceptors (Lipinski definition) is 8. The molecule has 4 atom stereocenters. The van der Waals surface area contributed by atoms with Gasteiger partial charge in [-0.15, -0.1) is 0 Å². The van der Waals surface area contributed by atoms with E-state index in [1.165, 1.54) is 12.5 Å². The summed E-state index contributed by atoms with van der Waals surface area (Å²) in [7, 11) is 0. The Balaban J connectivity index is 1.71. The molecule has 0 saturated heterocycles. The van der Waals surface area contributed by atoms with E-state index in [-0.39, 0.29) is 19.3 Å². The summed E-state index contributed by atoms with van der Waals surface area (Å²) < 4.78 is 0. The van der Waals surface area contributed by atoms with Crippen molar-refractivity contribution < 1.29 is 29.1 Å². The number of para-hydroxylation sites is 1. The molecule has 0 aliphatic heterocycles. The Kier molecular flexibility index (Phi) is 11.6. The van der Waals surface area contributed by atoms with E-state index in [1.807, 2.05) is 18.2 Å². The van der Waals surface area contributed by atoms with Gasteiger partial charge in [-0.05, 0) is 37.4 Å². The highest BCUT2D eigenvalue weighted by molar-refractivity contribution is 5.96. The molecule has 0 spiro atoms. The predicted octanol–water partition coefficient (Wildman–Crippen LogP) is -1.45. The molecule has 0 aliphatic rings. The third-order valence-electron chi connectivity index (χ3n) is 6.66. The van der Waals surface area contributed by atoms with E-state index in [0.29, 0.717) is 30.6 Å². The van der Waals surface area contributed by atoms with Crippen LogP contribution in [-0.4, -0.2) is 80.4 Å². The van der Waals surface area contributed by atoms with Gasteiger partial charge in [0.15, 0.2) is 0 Å². The quantitative estimate of drug-likeness (QED) is 0.0840. The second-order valence-electron chi connectivity index (χ2n) is 9.93. The number of hydrogen-bond donors (Lipinski definition) is 9. The highest BCUT2D eigenvalue weighted by Crippen LogP contribution is 2.19. The Morgan fingerprint density at radius 3 is 2.26 bits per heavy atom. The van der Waals surface area contributed by atoms with Crippen molar-refractivity contribution in [3.8, 4) is 0 Å². The number of unbranched alkanes of at least 4 members (excludes halogenated alkanes) is 1. The van der Waals surface area contributed by atoms with Crippen LogP contribution in [0.5, 0.6) is 0 Å². The van der Waals surface area contributed by atoms with Gasteiger partial charge in [-0.25, -0.2) is 9.78 Å². The summed E-state index contributed by atoms with van der Waals surface area (Å²) in [5.74, 6) is -4.50. The molecule has 226 valence electrons. The molecule has 15 heteroatoms. The molecule has 4 unspecified atom stereocenters. The van der Waals surface area contributed by atoms with Crippen molar-refractivity contribution in [3.05, 3.63) is 54.2 Å². The normalized spacial score (nSPS) is 14.0. The molecule has 4 amide bonds. The number of H-pyrrole nitrogens is 2. The molecule has 2 heterocycles. The molecule has 3 rings (SSSR count). The number of nitrogens with zero attached hydrogens (tertiary/aromatic N) is 1. The van der Waals surface area contributed by atoms with E-state index in [2.05, 4.69) is 30.9 Å². The minimum Gasteiger partial charge on any atom is -0.480 e. The Hall–Kier alpha value is -4.76. The van der Waals surface area contributed by atoms with Gasteiger partial charge in [-0.3, -0.25) is 19.2 Å². The lowest BCUT2D eigenvalue weighted by Gasteiger charge is -2.25. The molecule has 0 fully saturated rings.